The number of imidazole rings is 1. The second-order valence-corrected chi connectivity index (χ2v) is 6.29. The van der Waals surface area contributed by atoms with Crippen molar-refractivity contribution in [1.29, 1.82) is 0 Å². The molecule has 24 heavy (non-hydrogen) atoms. The van der Waals surface area contributed by atoms with Gasteiger partial charge in [0, 0.05) is 45.5 Å². The number of nitrogens with zero attached hydrogens (tertiary/aromatic N) is 6. The minimum Gasteiger partial charge on any atom is -0.368 e. The molecule has 0 aromatic carbocycles. The molecule has 128 valence electrons. The van der Waals surface area contributed by atoms with E-state index in [1.807, 2.05) is 29.8 Å². The fraction of sp³-hybridized carbons (Fsp3) is 0.500. The summed E-state index contributed by atoms with van der Waals surface area (Å²) < 4.78 is 1.85. The van der Waals surface area contributed by atoms with E-state index in [0.717, 1.165) is 43.4 Å². The predicted molar refractivity (Wildman–Crippen MR) is 92.0 cm³/mol. The molecule has 1 amide bonds. The average Bonchev–Trinajstić information content (AvgIpc) is 3.02. The molecule has 2 aromatic rings. The van der Waals surface area contributed by atoms with Crippen molar-refractivity contribution in [1.82, 2.24) is 19.5 Å². The molecule has 1 fully saturated rings. The number of amides is 1. The van der Waals surface area contributed by atoms with Crippen LogP contribution in [-0.2, 0) is 11.3 Å². The Morgan fingerprint density at radius 2 is 2.25 bits per heavy atom. The summed E-state index contributed by atoms with van der Waals surface area (Å²) in [5, 5.41) is 0. The van der Waals surface area contributed by atoms with E-state index in [4.69, 9.17) is 5.73 Å². The number of carbonyl (C=O) groups excluding carboxylic acids is 1. The van der Waals surface area contributed by atoms with E-state index in [9.17, 15) is 4.79 Å². The lowest BCUT2D eigenvalue weighted by molar-refractivity contribution is -0.118. The molecule has 1 atom stereocenters. The Labute approximate surface area is 141 Å². The maximum absolute atomic E-state index is 11.2. The maximum atomic E-state index is 11.2. The minimum atomic E-state index is -0.355. The average molecular weight is 329 g/mol. The summed E-state index contributed by atoms with van der Waals surface area (Å²) in [5.41, 5.74) is 5.32. The summed E-state index contributed by atoms with van der Waals surface area (Å²) >= 11 is 0. The third-order valence-electron chi connectivity index (χ3n) is 4.25. The van der Waals surface area contributed by atoms with Crippen LogP contribution in [0.5, 0.6) is 0 Å². The van der Waals surface area contributed by atoms with Crippen LogP contribution in [0.3, 0.4) is 0 Å². The number of hydrogen-bond donors (Lipinski definition) is 1. The molecule has 0 bridgehead atoms. The molecule has 2 N–H and O–H groups in total. The van der Waals surface area contributed by atoms with Crippen LogP contribution in [0.25, 0.3) is 0 Å². The monoisotopic (exact) mass is 329 g/mol. The lowest BCUT2D eigenvalue weighted by Crippen LogP contribution is -2.36. The number of hydrogen-bond acceptors (Lipinski definition) is 6. The molecule has 0 spiro atoms. The molecule has 1 aliphatic heterocycles. The largest absolute Gasteiger partial charge is 0.368 e. The highest BCUT2D eigenvalue weighted by Crippen LogP contribution is 2.28. The van der Waals surface area contributed by atoms with Crippen molar-refractivity contribution >= 4 is 17.5 Å². The van der Waals surface area contributed by atoms with Gasteiger partial charge in [0.1, 0.15) is 24.0 Å². The van der Waals surface area contributed by atoms with Gasteiger partial charge < -0.3 is 20.1 Å². The molecule has 0 saturated carbocycles. The molecule has 2 aromatic heterocycles. The number of nitrogens with two attached hydrogens (primary N) is 1. The zero-order valence-corrected chi connectivity index (χ0v) is 14.1. The first kappa shape index (κ1) is 16.2. The van der Waals surface area contributed by atoms with Crippen molar-refractivity contribution in [2.75, 3.05) is 37.0 Å². The topological polar surface area (TPSA) is 93.2 Å². The second-order valence-electron chi connectivity index (χ2n) is 6.29. The van der Waals surface area contributed by atoms with Gasteiger partial charge in [-0.25, -0.2) is 9.97 Å². The molecule has 8 heteroatoms. The second kappa shape index (κ2) is 6.86. The Morgan fingerprint density at radius 1 is 1.42 bits per heavy atom. The highest BCUT2D eigenvalue weighted by Gasteiger charge is 2.26. The van der Waals surface area contributed by atoms with Gasteiger partial charge >= 0.3 is 0 Å². The Hall–Kier alpha value is -2.64. The quantitative estimate of drug-likeness (QED) is 0.864. The fourth-order valence-electron chi connectivity index (χ4n) is 3.09. The SMILES string of the molecule is CN(C)c1cncc(N2CCCC(c3nccn3CC(N)=O)C2)n1. The zero-order valence-electron chi connectivity index (χ0n) is 14.1. The first-order valence-electron chi connectivity index (χ1n) is 8.08. The van der Waals surface area contributed by atoms with E-state index >= 15 is 0 Å². The van der Waals surface area contributed by atoms with E-state index in [1.54, 1.807) is 18.6 Å². The van der Waals surface area contributed by atoms with Gasteiger partial charge in [-0.3, -0.25) is 9.78 Å². The van der Waals surface area contributed by atoms with Crippen molar-refractivity contribution in [3.05, 3.63) is 30.6 Å². The minimum absolute atomic E-state index is 0.168. The van der Waals surface area contributed by atoms with Gasteiger partial charge in [0.05, 0.1) is 12.4 Å². The summed E-state index contributed by atoms with van der Waals surface area (Å²) in [4.78, 5) is 28.8. The highest BCUT2D eigenvalue weighted by atomic mass is 16.1. The van der Waals surface area contributed by atoms with Crippen LogP contribution in [0.2, 0.25) is 0 Å². The van der Waals surface area contributed by atoms with Crippen molar-refractivity contribution < 1.29 is 4.79 Å². The van der Waals surface area contributed by atoms with Gasteiger partial charge in [0.25, 0.3) is 0 Å². The first-order valence-corrected chi connectivity index (χ1v) is 8.08. The predicted octanol–water partition coefficient (Wildman–Crippen LogP) is 0.608. The first-order chi connectivity index (χ1) is 11.5. The van der Waals surface area contributed by atoms with E-state index in [2.05, 4.69) is 19.9 Å². The molecular weight excluding hydrogens is 306 g/mol. The van der Waals surface area contributed by atoms with Crippen LogP contribution in [0.4, 0.5) is 11.6 Å². The molecule has 1 aliphatic rings. The summed E-state index contributed by atoms with van der Waals surface area (Å²) in [5.74, 6) is 2.52. The van der Waals surface area contributed by atoms with Crippen molar-refractivity contribution in [2.24, 2.45) is 5.73 Å². The Bertz CT molecular complexity index is 712. The van der Waals surface area contributed by atoms with Crippen molar-refractivity contribution in [3.63, 3.8) is 0 Å². The van der Waals surface area contributed by atoms with Crippen LogP contribution >= 0.6 is 0 Å². The molecule has 3 heterocycles. The molecule has 1 unspecified atom stereocenters. The number of anilines is 2. The fourth-order valence-corrected chi connectivity index (χ4v) is 3.09. The highest BCUT2D eigenvalue weighted by molar-refractivity contribution is 5.73. The number of carbonyl (C=O) groups is 1. The van der Waals surface area contributed by atoms with Gasteiger partial charge in [-0.05, 0) is 12.8 Å². The standard InChI is InChI=1S/C16H23N7O/c1-21(2)14-8-18-9-15(20-14)22-6-3-4-12(10-22)16-19-5-7-23(16)11-13(17)24/h5,7-9,12H,3-4,6,10-11H2,1-2H3,(H2,17,24). The molecule has 0 aliphatic carbocycles. The Morgan fingerprint density at radius 3 is 3.00 bits per heavy atom. The molecular formula is C16H23N7O. The van der Waals surface area contributed by atoms with Gasteiger partial charge in [-0.1, -0.05) is 0 Å². The Balaban J connectivity index is 1.79. The Kier molecular flexibility index (Phi) is 4.64. The van der Waals surface area contributed by atoms with Crippen LogP contribution in [-0.4, -0.2) is 52.6 Å². The van der Waals surface area contributed by atoms with E-state index in [1.165, 1.54) is 0 Å². The summed E-state index contributed by atoms with van der Waals surface area (Å²) in [6.45, 7) is 1.92. The number of rotatable bonds is 5. The third-order valence-corrected chi connectivity index (χ3v) is 4.25. The van der Waals surface area contributed by atoms with Crippen LogP contribution in [0, 0.1) is 0 Å². The third kappa shape index (κ3) is 3.47. The maximum Gasteiger partial charge on any atom is 0.237 e. The van der Waals surface area contributed by atoms with Crippen molar-refractivity contribution in [2.45, 2.75) is 25.3 Å². The van der Waals surface area contributed by atoms with E-state index in [-0.39, 0.29) is 18.4 Å². The van der Waals surface area contributed by atoms with Gasteiger partial charge in [-0.2, -0.15) is 0 Å². The van der Waals surface area contributed by atoms with Crippen LogP contribution in [0.1, 0.15) is 24.6 Å². The van der Waals surface area contributed by atoms with Gasteiger partial charge in [0.2, 0.25) is 5.91 Å². The number of piperidine rings is 1. The van der Waals surface area contributed by atoms with Crippen molar-refractivity contribution in [3.8, 4) is 0 Å². The van der Waals surface area contributed by atoms with E-state index < -0.39 is 0 Å². The van der Waals surface area contributed by atoms with Crippen LogP contribution in [0.15, 0.2) is 24.8 Å². The van der Waals surface area contributed by atoms with Gasteiger partial charge in [0.15, 0.2) is 0 Å². The van der Waals surface area contributed by atoms with E-state index in [0.29, 0.717) is 0 Å². The normalized spacial score (nSPS) is 17.8. The zero-order chi connectivity index (χ0) is 17.1. The molecule has 0 radical (unpaired) electrons. The number of primary amides is 1. The molecule has 8 nitrogen and oxygen atoms in total. The van der Waals surface area contributed by atoms with Gasteiger partial charge in [-0.15, -0.1) is 0 Å². The molecule has 3 rings (SSSR count). The smallest absolute Gasteiger partial charge is 0.237 e. The number of aromatic nitrogens is 4. The lowest BCUT2D eigenvalue weighted by Gasteiger charge is -2.33. The summed E-state index contributed by atoms with van der Waals surface area (Å²) in [6.07, 6.45) is 9.17. The molecule has 1 saturated heterocycles. The summed E-state index contributed by atoms with van der Waals surface area (Å²) in [6, 6.07) is 0. The van der Waals surface area contributed by atoms with Crippen LogP contribution < -0.4 is 15.5 Å². The summed E-state index contributed by atoms with van der Waals surface area (Å²) in [7, 11) is 3.90. The lowest BCUT2D eigenvalue weighted by atomic mass is 9.97.